The summed E-state index contributed by atoms with van der Waals surface area (Å²) >= 11 is 8.23. The Morgan fingerprint density at radius 1 is 1.22 bits per heavy atom. The van der Waals surface area contributed by atoms with Gasteiger partial charge in [-0.3, -0.25) is 0 Å². The first-order chi connectivity index (χ1) is 8.65. The van der Waals surface area contributed by atoms with Gasteiger partial charge in [-0.15, -0.1) is 0 Å². The molecule has 1 N–H and O–H groups in total. The Bertz CT molecular complexity index is 739. The van der Waals surface area contributed by atoms with E-state index in [0.29, 0.717) is 21.9 Å². The van der Waals surface area contributed by atoms with Gasteiger partial charge in [0, 0.05) is 9.13 Å². The van der Waals surface area contributed by atoms with Crippen LogP contribution in [0.1, 0.15) is 0 Å². The second kappa shape index (κ2) is 4.51. The standard InChI is InChI=1S/C13H7ClFIN2/c14-8-6-7(4-5-10(8)16)13-17-11-3-1-2-9(15)12(11)18-13/h1-6H,(H,17,18). The third kappa shape index (κ3) is 1.99. The molecule has 0 aliphatic heterocycles. The molecule has 90 valence electrons. The molecule has 0 fully saturated rings. The minimum Gasteiger partial charge on any atom is -0.338 e. The highest BCUT2D eigenvalue weighted by Gasteiger charge is 2.09. The molecule has 1 aromatic heterocycles. The lowest BCUT2D eigenvalue weighted by Gasteiger charge is -1.99. The molecular weight excluding hydrogens is 366 g/mol. The van der Waals surface area contributed by atoms with Crippen LogP contribution in [0.2, 0.25) is 5.02 Å². The highest BCUT2D eigenvalue weighted by Crippen LogP contribution is 2.27. The Morgan fingerprint density at radius 2 is 2.06 bits per heavy atom. The maximum atomic E-state index is 13.5. The van der Waals surface area contributed by atoms with E-state index in [0.717, 1.165) is 9.13 Å². The van der Waals surface area contributed by atoms with E-state index in [1.54, 1.807) is 12.1 Å². The lowest BCUT2D eigenvalue weighted by Crippen LogP contribution is -1.82. The van der Waals surface area contributed by atoms with Crippen LogP contribution in [0.4, 0.5) is 4.39 Å². The molecule has 1 heterocycles. The Kier molecular flexibility index (Phi) is 2.99. The number of H-pyrrole nitrogens is 1. The maximum Gasteiger partial charge on any atom is 0.151 e. The monoisotopic (exact) mass is 372 g/mol. The van der Waals surface area contributed by atoms with Crippen molar-refractivity contribution in [3.63, 3.8) is 0 Å². The number of nitrogens with zero attached hydrogens (tertiary/aromatic N) is 1. The summed E-state index contributed by atoms with van der Waals surface area (Å²) in [5.41, 5.74) is 1.87. The second-order valence-electron chi connectivity index (χ2n) is 3.85. The molecule has 0 amide bonds. The fourth-order valence-corrected chi connectivity index (χ4v) is 2.29. The number of hydrogen-bond acceptors (Lipinski definition) is 1. The van der Waals surface area contributed by atoms with Gasteiger partial charge in [0.2, 0.25) is 0 Å². The van der Waals surface area contributed by atoms with Crippen molar-refractivity contribution in [2.45, 2.75) is 0 Å². The van der Waals surface area contributed by atoms with Gasteiger partial charge in [-0.2, -0.15) is 0 Å². The number of nitrogens with one attached hydrogen (secondary N) is 1. The topological polar surface area (TPSA) is 28.7 Å². The van der Waals surface area contributed by atoms with Crippen LogP contribution in [0.15, 0.2) is 36.4 Å². The van der Waals surface area contributed by atoms with Crippen molar-refractivity contribution in [2.24, 2.45) is 0 Å². The van der Waals surface area contributed by atoms with Crippen molar-refractivity contribution in [1.29, 1.82) is 0 Å². The predicted molar refractivity (Wildman–Crippen MR) is 79.2 cm³/mol. The summed E-state index contributed by atoms with van der Waals surface area (Å²) in [4.78, 5) is 7.35. The van der Waals surface area contributed by atoms with Crippen LogP contribution in [0.25, 0.3) is 22.4 Å². The van der Waals surface area contributed by atoms with E-state index in [2.05, 4.69) is 32.6 Å². The number of aromatic nitrogens is 2. The van der Waals surface area contributed by atoms with Crippen molar-refractivity contribution in [3.8, 4) is 11.4 Å². The van der Waals surface area contributed by atoms with Crippen molar-refractivity contribution < 1.29 is 4.39 Å². The van der Waals surface area contributed by atoms with E-state index in [1.807, 2.05) is 18.2 Å². The van der Waals surface area contributed by atoms with Crippen LogP contribution in [-0.2, 0) is 0 Å². The third-order valence-electron chi connectivity index (χ3n) is 2.66. The summed E-state index contributed by atoms with van der Waals surface area (Å²) in [6, 6.07) is 10.5. The van der Waals surface area contributed by atoms with Crippen molar-refractivity contribution >= 4 is 45.2 Å². The van der Waals surface area contributed by atoms with Crippen molar-refractivity contribution in [1.82, 2.24) is 9.97 Å². The van der Waals surface area contributed by atoms with E-state index in [9.17, 15) is 4.39 Å². The fourth-order valence-electron chi connectivity index (χ4n) is 1.78. The van der Waals surface area contributed by atoms with Gasteiger partial charge in [-0.05, 0) is 46.9 Å². The van der Waals surface area contributed by atoms with Gasteiger partial charge < -0.3 is 4.98 Å². The van der Waals surface area contributed by atoms with Gasteiger partial charge >= 0.3 is 0 Å². The van der Waals surface area contributed by atoms with Gasteiger partial charge in [0.25, 0.3) is 0 Å². The first kappa shape index (κ1) is 11.9. The molecule has 0 saturated carbocycles. The van der Waals surface area contributed by atoms with Crippen LogP contribution in [0, 0.1) is 9.39 Å². The molecule has 0 aliphatic carbocycles. The van der Waals surface area contributed by atoms with Gasteiger partial charge in [-0.25, -0.2) is 9.37 Å². The number of fused-ring (bicyclic) bond motifs is 1. The van der Waals surface area contributed by atoms with Crippen LogP contribution in [0.5, 0.6) is 0 Å². The second-order valence-corrected chi connectivity index (χ2v) is 5.42. The molecule has 3 aromatic rings. The minimum atomic E-state index is -0.327. The highest BCUT2D eigenvalue weighted by atomic mass is 127. The quantitative estimate of drug-likeness (QED) is 0.620. The van der Waals surface area contributed by atoms with E-state index >= 15 is 0 Å². The summed E-state index contributed by atoms with van der Waals surface area (Å²) in [6.07, 6.45) is 0. The number of para-hydroxylation sites is 1. The SMILES string of the molecule is Fc1cccc2[nH]c(-c3ccc(I)c(Cl)c3)nc12. The average molecular weight is 373 g/mol. The Morgan fingerprint density at radius 3 is 2.78 bits per heavy atom. The third-order valence-corrected chi connectivity index (χ3v) is 4.23. The van der Waals surface area contributed by atoms with Gasteiger partial charge in [0.15, 0.2) is 5.82 Å². The maximum absolute atomic E-state index is 13.5. The minimum absolute atomic E-state index is 0.327. The Labute approximate surface area is 121 Å². The van der Waals surface area contributed by atoms with Gasteiger partial charge in [0.1, 0.15) is 11.3 Å². The first-order valence-electron chi connectivity index (χ1n) is 5.25. The zero-order chi connectivity index (χ0) is 12.7. The zero-order valence-electron chi connectivity index (χ0n) is 9.05. The van der Waals surface area contributed by atoms with Crippen LogP contribution >= 0.6 is 34.2 Å². The number of halogens is 3. The van der Waals surface area contributed by atoms with Crippen LogP contribution in [-0.4, -0.2) is 9.97 Å². The molecule has 0 unspecified atom stereocenters. The van der Waals surface area contributed by atoms with Gasteiger partial charge in [-0.1, -0.05) is 23.7 Å². The number of imidazole rings is 1. The molecule has 18 heavy (non-hydrogen) atoms. The average Bonchev–Trinajstić information content (AvgIpc) is 2.78. The smallest absolute Gasteiger partial charge is 0.151 e. The number of rotatable bonds is 1. The lowest BCUT2D eigenvalue weighted by atomic mass is 10.2. The fraction of sp³-hybridized carbons (Fsp3) is 0. The number of aromatic amines is 1. The first-order valence-corrected chi connectivity index (χ1v) is 6.70. The normalized spacial score (nSPS) is 11.1. The summed E-state index contributed by atoms with van der Waals surface area (Å²) in [6.45, 7) is 0. The Hall–Kier alpha value is -1.14. The molecule has 0 radical (unpaired) electrons. The van der Waals surface area contributed by atoms with Gasteiger partial charge in [0.05, 0.1) is 10.5 Å². The van der Waals surface area contributed by atoms with E-state index in [4.69, 9.17) is 11.6 Å². The summed E-state index contributed by atoms with van der Waals surface area (Å²) in [5.74, 6) is 0.292. The molecule has 0 saturated heterocycles. The largest absolute Gasteiger partial charge is 0.338 e. The molecule has 0 aliphatic rings. The van der Waals surface area contributed by atoms with Crippen LogP contribution in [0.3, 0.4) is 0 Å². The highest BCUT2D eigenvalue weighted by molar-refractivity contribution is 14.1. The van der Waals surface area contributed by atoms with E-state index in [-0.39, 0.29) is 5.82 Å². The summed E-state index contributed by atoms with van der Waals surface area (Å²) in [7, 11) is 0. The predicted octanol–water partition coefficient (Wildman–Crippen LogP) is 4.63. The number of benzene rings is 2. The lowest BCUT2D eigenvalue weighted by molar-refractivity contribution is 0.637. The summed E-state index contributed by atoms with van der Waals surface area (Å²) < 4.78 is 14.5. The summed E-state index contributed by atoms with van der Waals surface area (Å²) in [5, 5.41) is 0.661. The van der Waals surface area contributed by atoms with E-state index in [1.165, 1.54) is 6.07 Å². The van der Waals surface area contributed by atoms with Crippen molar-refractivity contribution in [2.75, 3.05) is 0 Å². The molecule has 2 aromatic carbocycles. The molecule has 0 atom stereocenters. The van der Waals surface area contributed by atoms with E-state index < -0.39 is 0 Å². The molecule has 0 bridgehead atoms. The van der Waals surface area contributed by atoms with Crippen molar-refractivity contribution in [3.05, 3.63) is 50.8 Å². The molecular formula is C13H7ClFIN2. The molecule has 3 rings (SSSR count). The molecule has 0 spiro atoms. The molecule has 5 heteroatoms. The van der Waals surface area contributed by atoms with Crippen LogP contribution < -0.4 is 0 Å². The molecule has 2 nitrogen and oxygen atoms in total. The zero-order valence-corrected chi connectivity index (χ0v) is 12.0. The number of hydrogen-bond donors (Lipinski definition) is 1. The Balaban J connectivity index is 2.19.